The molecule has 2 aliphatic heterocycles. The van der Waals surface area contributed by atoms with Gasteiger partial charge in [-0.1, -0.05) is 0 Å². The number of alkyl carbamates (subject to hydrolysis) is 1. The maximum absolute atomic E-state index is 12.1. The molecule has 2 aliphatic rings. The molecular weight excluding hydrogens is 312 g/mol. The van der Waals surface area contributed by atoms with Crippen LogP contribution in [0.3, 0.4) is 0 Å². The molecule has 2 heterocycles. The summed E-state index contributed by atoms with van der Waals surface area (Å²) in [5, 5.41) is 2.76. The second-order valence-corrected chi connectivity index (χ2v) is 8.53. The summed E-state index contributed by atoms with van der Waals surface area (Å²) < 4.78 is 16.4. The lowest BCUT2D eigenvalue weighted by molar-refractivity contribution is 0.0217. The van der Waals surface area contributed by atoms with Crippen molar-refractivity contribution in [3.8, 4) is 0 Å². The monoisotopic (exact) mass is 342 g/mol. The van der Waals surface area contributed by atoms with Crippen LogP contribution >= 0.6 is 0 Å². The first kappa shape index (κ1) is 18.8. The fourth-order valence-corrected chi connectivity index (χ4v) is 2.82. The molecule has 2 amide bonds. The molecule has 0 spiro atoms. The van der Waals surface area contributed by atoms with E-state index < -0.39 is 17.3 Å². The number of nitrogens with one attached hydrogen (secondary N) is 1. The Labute approximate surface area is 144 Å². The quantitative estimate of drug-likeness (QED) is 0.798. The van der Waals surface area contributed by atoms with Gasteiger partial charge in [-0.3, -0.25) is 0 Å². The van der Waals surface area contributed by atoms with Crippen LogP contribution in [0.4, 0.5) is 9.59 Å². The molecule has 0 bridgehead atoms. The van der Waals surface area contributed by atoms with Gasteiger partial charge in [0.2, 0.25) is 0 Å². The van der Waals surface area contributed by atoms with E-state index in [1.807, 2.05) is 41.5 Å². The first-order chi connectivity index (χ1) is 10.9. The number of nitrogens with zero attached hydrogens (tertiary/aromatic N) is 1. The molecule has 1 N–H and O–H groups in total. The zero-order valence-electron chi connectivity index (χ0n) is 15.6. The second-order valence-electron chi connectivity index (χ2n) is 8.53. The average Bonchev–Trinajstić information content (AvgIpc) is 3.07. The molecule has 7 nitrogen and oxygen atoms in total. The molecule has 2 fully saturated rings. The Bertz CT molecular complexity index is 490. The van der Waals surface area contributed by atoms with Gasteiger partial charge in [0, 0.05) is 13.1 Å². The van der Waals surface area contributed by atoms with E-state index in [0.717, 1.165) is 12.8 Å². The largest absolute Gasteiger partial charge is 0.444 e. The zero-order valence-corrected chi connectivity index (χ0v) is 15.6. The van der Waals surface area contributed by atoms with E-state index in [4.69, 9.17) is 14.2 Å². The van der Waals surface area contributed by atoms with E-state index >= 15 is 0 Å². The number of carbonyl (C=O) groups excluding carboxylic acids is 2. The van der Waals surface area contributed by atoms with E-state index in [0.29, 0.717) is 19.6 Å². The van der Waals surface area contributed by atoms with Gasteiger partial charge < -0.3 is 24.4 Å². The van der Waals surface area contributed by atoms with Gasteiger partial charge in [-0.2, -0.15) is 0 Å². The van der Waals surface area contributed by atoms with E-state index in [-0.39, 0.29) is 17.8 Å². The molecule has 7 heteroatoms. The zero-order chi connectivity index (χ0) is 18.2. The number of rotatable bonds is 3. The van der Waals surface area contributed by atoms with Crippen molar-refractivity contribution >= 4 is 12.2 Å². The average molecular weight is 342 g/mol. The van der Waals surface area contributed by atoms with Crippen LogP contribution in [0.25, 0.3) is 0 Å². The van der Waals surface area contributed by atoms with Crippen LogP contribution in [0.15, 0.2) is 0 Å². The van der Waals surface area contributed by atoms with Gasteiger partial charge in [-0.25, -0.2) is 9.59 Å². The Morgan fingerprint density at radius 1 is 1.17 bits per heavy atom. The van der Waals surface area contributed by atoms with Crippen LogP contribution < -0.4 is 5.32 Å². The SMILES string of the molecule is CC(C)(C)OC(=O)NCCC12CCN(C(=O)OC(C)(C)C)CC1O2. The molecule has 0 aliphatic carbocycles. The fourth-order valence-electron chi connectivity index (χ4n) is 2.82. The number of hydrogen-bond donors (Lipinski definition) is 1. The molecule has 0 aromatic heterocycles. The molecule has 0 saturated carbocycles. The number of hydrogen-bond acceptors (Lipinski definition) is 5. The maximum atomic E-state index is 12.1. The summed E-state index contributed by atoms with van der Waals surface area (Å²) in [7, 11) is 0. The van der Waals surface area contributed by atoms with Crippen LogP contribution in [-0.2, 0) is 14.2 Å². The molecular formula is C17H30N2O5. The number of amides is 2. The van der Waals surface area contributed by atoms with Gasteiger partial charge in [-0.05, 0) is 54.4 Å². The number of epoxide rings is 1. The van der Waals surface area contributed by atoms with Crippen LogP contribution in [-0.4, -0.2) is 59.6 Å². The standard InChI is InChI=1S/C17H30N2O5/c1-15(2,3)23-13(20)18-9-7-17-8-10-19(11-12(17)22-17)14(21)24-16(4,5)6/h12H,7-11H2,1-6H3,(H,18,20). The Morgan fingerprint density at radius 3 is 2.33 bits per heavy atom. The highest BCUT2D eigenvalue weighted by Gasteiger charge is 2.59. The van der Waals surface area contributed by atoms with Crippen LogP contribution in [0.2, 0.25) is 0 Å². The van der Waals surface area contributed by atoms with Gasteiger partial charge >= 0.3 is 12.2 Å². The molecule has 24 heavy (non-hydrogen) atoms. The predicted octanol–water partition coefficient (Wildman–Crippen LogP) is 2.68. The van der Waals surface area contributed by atoms with Gasteiger partial charge in [-0.15, -0.1) is 0 Å². The third-order valence-electron chi connectivity index (χ3n) is 3.97. The third-order valence-corrected chi connectivity index (χ3v) is 3.97. The highest BCUT2D eigenvalue weighted by Crippen LogP contribution is 2.46. The minimum Gasteiger partial charge on any atom is -0.444 e. The van der Waals surface area contributed by atoms with Gasteiger partial charge in [0.1, 0.15) is 17.3 Å². The van der Waals surface area contributed by atoms with Crippen molar-refractivity contribution in [2.75, 3.05) is 19.6 Å². The molecule has 2 saturated heterocycles. The molecule has 2 rings (SSSR count). The maximum Gasteiger partial charge on any atom is 0.410 e. The Morgan fingerprint density at radius 2 is 1.79 bits per heavy atom. The minimum atomic E-state index is -0.500. The number of ether oxygens (including phenoxy) is 3. The van der Waals surface area contributed by atoms with Crippen molar-refractivity contribution in [2.24, 2.45) is 0 Å². The second kappa shape index (κ2) is 6.43. The summed E-state index contributed by atoms with van der Waals surface area (Å²) in [5.41, 5.74) is -1.21. The van der Waals surface area contributed by atoms with Gasteiger partial charge in [0.05, 0.1) is 12.1 Å². The number of piperidine rings is 1. The summed E-state index contributed by atoms with van der Waals surface area (Å²) in [6.07, 6.45) is 0.798. The van der Waals surface area contributed by atoms with E-state index in [9.17, 15) is 9.59 Å². The number of likely N-dealkylation sites (tertiary alicyclic amines) is 1. The van der Waals surface area contributed by atoms with Crippen LogP contribution in [0, 0.1) is 0 Å². The molecule has 2 atom stereocenters. The lowest BCUT2D eigenvalue weighted by atomic mass is 9.93. The molecule has 2 unspecified atom stereocenters. The Hall–Kier alpha value is -1.50. The summed E-state index contributed by atoms with van der Waals surface area (Å²) in [6, 6.07) is 0. The normalized spacial score (nSPS) is 26.4. The first-order valence-electron chi connectivity index (χ1n) is 8.53. The Kier molecular flexibility index (Phi) is 5.04. The topological polar surface area (TPSA) is 80.4 Å². The van der Waals surface area contributed by atoms with Crippen molar-refractivity contribution in [1.29, 1.82) is 0 Å². The van der Waals surface area contributed by atoms with Crippen molar-refractivity contribution in [3.63, 3.8) is 0 Å². The smallest absolute Gasteiger partial charge is 0.410 e. The van der Waals surface area contributed by atoms with Crippen LogP contribution in [0.1, 0.15) is 54.4 Å². The van der Waals surface area contributed by atoms with E-state index in [1.54, 1.807) is 4.90 Å². The van der Waals surface area contributed by atoms with E-state index in [2.05, 4.69) is 5.32 Å². The molecule has 0 radical (unpaired) electrons. The summed E-state index contributed by atoms with van der Waals surface area (Å²) >= 11 is 0. The van der Waals surface area contributed by atoms with Crippen molar-refractivity contribution in [3.05, 3.63) is 0 Å². The molecule has 0 aromatic rings. The Balaban J connectivity index is 1.72. The first-order valence-corrected chi connectivity index (χ1v) is 8.53. The predicted molar refractivity (Wildman–Crippen MR) is 88.9 cm³/mol. The van der Waals surface area contributed by atoms with E-state index in [1.165, 1.54) is 0 Å². The minimum absolute atomic E-state index is 0.0270. The highest BCUT2D eigenvalue weighted by atomic mass is 16.6. The lowest BCUT2D eigenvalue weighted by Gasteiger charge is -2.31. The number of fused-ring (bicyclic) bond motifs is 1. The lowest BCUT2D eigenvalue weighted by Crippen LogP contribution is -2.46. The third kappa shape index (κ3) is 5.26. The summed E-state index contributed by atoms with van der Waals surface area (Å²) in [6.45, 7) is 12.7. The van der Waals surface area contributed by atoms with Gasteiger partial charge in [0.25, 0.3) is 0 Å². The van der Waals surface area contributed by atoms with Crippen molar-refractivity contribution in [1.82, 2.24) is 10.2 Å². The number of carbonyl (C=O) groups is 2. The van der Waals surface area contributed by atoms with Crippen LogP contribution in [0.5, 0.6) is 0 Å². The van der Waals surface area contributed by atoms with Crippen molar-refractivity contribution < 1.29 is 23.8 Å². The van der Waals surface area contributed by atoms with Crippen molar-refractivity contribution in [2.45, 2.75) is 77.3 Å². The highest BCUT2D eigenvalue weighted by molar-refractivity contribution is 5.68. The fraction of sp³-hybridized carbons (Fsp3) is 0.882. The summed E-state index contributed by atoms with van der Waals surface area (Å²) in [4.78, 5) is 25.4. The summed E-state index contributed by atoms with van der Waals surface area (Å²) in [5.74, 6) is 0. The molecule has 0 aromatic carbocycles. The van der Waals surface area contributed by atoms with Gasteiger partial charge in [0.15, 0.2) is 0 Å². The molecule has 138 valence electrons.